The monoisotopic (exact) mass is 430 g/mol. The molecule has 0 fully saturated rings. The Morgan fingerprint density at radius 2 is 1.88 bits per heavy atom. The number of carbonyl (C=O) groups is 1. The van der Waals surface area contributed by atoms with Crippen molar-refractivity contribution in [3.05, 3.63) is 89.5 Å². The molecule has 0 bridgehead atoms. The number of rotatable bonds is 8. The number of anilines is 1. The van der Waals surface area contributed by atoms with E-state index >= 15 is 0 Å². The molecule has 0 spiro atoms. The molecule has 5 heteroatoms. The average Bonchev–Trinajstić information content (AvgIpc) is 2.81. The molecule has 1 aliphatic heterocycles. The van der Waals surface area contributed by atoms with Gasteiger partial charge in [-0.05, 0) is 43.2 Å². The van der Waals surface area contributed by atoms with Crippen LogP contribution >= 0.6 is 0 Å². The number of nitrogens with zero attached hydrogens (tertiary/aromatic N) is 1. The Balaban J connectivity index is 1.47. The van der Waals surface area contributed by atoms with Crippen LogP contribution in [0, 0.1) is 6.92 Å². The molecule has 5 nitrogen and oxygen atoms in total. The van der Waals surface area contributed by atoms with Gasteiger partial charge in [0.05, 0.1) is 24.8 Å². The molecule has 1 atom stereocenters. The van der Waals surface area contributed by atoms with Crippen LogP contribution in [0.15, 0.2) is 72.8 Å². The quantitative estimate of drug-likeness (QED) is 0.554. The topological polar surface area (TPSA) is 50.8 Å². The number of benzene rings is 3. The van der Waals surface area contributed by atoms with E-state index < -0.39 is 0 Å². The molecule has 1 aliphatic rings. The van der Waals surface area contributed by atoms with Crippen LogP contribution in [-0.4, -0.2) is 25.2 Å². The van der Waals surface area contributed by atoms with Crippen molar-refractivity contribution < 1.29 is 14.3 Å². The summed E-state index contributed by atoms with van der Waals surface area (Å²) in [6.45, 7) is 6.26. The maximum Gasteiger partial charge on any atom is 0.222 e. The number of hydrogen-bond acceptors (Lipinski definition) is 4. The van der Waals surface area contributed by atoms with Gasteiger partial charge < -0.3 is 19.7 Å². The van der Waals surface area contributed by atoms with Crippen LogP contribution in [0.1, 0.15) is 30.0 Å². The molecular weight excluding hydrogens is 400 g/mol. The molecule has 0 saturated heterocycles. The van der Waals surface area contributed by atoms with Crippen LogP contribution in [0.4, 0.5) is 5.69 Å². The van der Waals surface area contributed by atoms with E-state index in [1.165, 1.54) is 5.56 Å². The Hall–Kier alpha value is -3.47. The van der Waals surface area contributed by atoms with Crippen molar-refractivity contribution in [1.82, 2.24) is 5.32 Å². The Labute approximate surface area is 190 Å². The summed E-state index contributed by atoms with van der Waals surface area (Å²) in [5, 5.41) is 3.06. The number of nitrogens with one attached hydrogen (secondary N) is 1. The molecule has 1 N–H and O–H groups in total. The molecule has 0 radical (unpaired) electrons. The zero-order chi connectivity index (χ0) is 22.3. The Bertz CT molecular complexity index is 1050. The second-order valence-corrected chi connectivity index (χ2v) is 8.07. The van der Waals surface area contributed by atoms with Crippen LogP contribution in [0.3, 0.4) is 0 Å². The number of carbonyl (C=O) groups excluding carboxylic acids is 1. The summed E-state index contributed by atoms with van der Waals surface area (Å²) in [5.74, 6) is 1.69. The molecule has 0 saturated carbocycles. The second kappa shape index (κ2) is 10.2. The lowest BCUT2D eigenvalue weighted by Crippen LogP contribution is -2.45. The highest BCUT2D eigenvalue weighted by molar-refractivity contribution is 5.78. The molecule has 1 amide bonds. The van der Waals surface area contributed by atoms with Gasteiger partial charge in [-0.15, -0.1) is 0 Å². The van der Waals surface area contributed by atoms with E-state index in [0.717, 1.165) is 34.9 Å². The van der Waals surface area contributed by atoms with E-state index in [9.17, 15) is 4.79 Å². The summed E-state index contributed by atoms with van der Waals surface area (Å²) >= 11 is 0. The first kappa shape index (κ1) is 21.8. The first-order valence-corrected chi connectivity index (χ1v) is 11.2. The van der Waals surface area contributed by atoms with Gasteiger partial charge in [0.1, 0.15) is 18.1 Å². The van der Waals surface area contributed by atoms with Crippen LogP contribution in [-0.2, 0) is 17.9 Å². The normalized spacial score (nSPS) is 14.9. The van der Waals surface area contributed by atoms with Gasteiger partial charge in [0, 0.05) is 18.7 Å². The number of aryl methyl sites for hydroxylation is 1. The Morgan fingerprint density at radius 3 is 2.69 bits per heavy atom. The largest absolute Gasteiger partial charge is 0.494 e. The second-order valence-electron chi connectivity index (χ2n) is 8.07. The number of amides is 1. The lowest BCUT2D eigenvalue weighted by atomic mass is 10.0. The lowest BCUT2D eigenvalue weighted by molar-refractivity contribution is -0.121. The number of para-hydroxylation sites is 1. The molecular formula is C27H30N2O3. The summed E-state index contributed by atoms with van der Waals surface area (Å²) in [4.78, 5) is 15.2. The fraction of sp³-hybridized carbons (Fsp3) is 0.296. The minimum atomic E-state index is -0.0486. The number of fused-ring (bicyclic) bond motifs is 1. The molecule has 1 heterocycles. The fourth-order valence-electron chi connectivity index (χ4n) is 4.04. The van der Waals surface area contributed by atoms with Crippen LogP contribution in [0.25, 0.3) is 0 Å². The van der Waals surface area contributed by atoms with Crippen LogP contribution < -0.4 is 19.7 Å². The van der Waals surface area contributed by atoms with Crippen LogP contribution in [0.2, 0.25) is 0 Å². The highest BCUT2D eigenvalue weighted by Gasteiger charge is 2.29. The first-order chi connectivity index (χ1) is 15.6. The molecule has 3 aromatic carbocycles. The van der Waals surface area contributed by atoms with Crippen molar-refractivity contribution >= 4 is 11.6 Å². The van der Waals surface area contributed by atoms with E-state index in [1.807, 2.05) is 49.4 Å². The smallest absolute Gasteiger partial charge is 0.222 e. The molecule has 4 rings (SSSR count). The maximum atomic E-state index is 12.9. The van der Waals surface area contributed by atoms with Gasteiger partial charge in [0.15, 0.2) is 0 Å². The predicted molar refractivity (Wildman–Crippen MR) is 127 cm³/mol. The Kier molecular flexibility index (Phi) is 6.95. The van der Waals surface area contributed by atoms with Gasteiger partial charge in [-0.25, -0.2) is 0 Å². The number of hydrogen-bond donors (Lipinski definition) is 1. The third kappa shape index (κ3) is 5.22. The molecule has 3 aromatic rings. The van der Waals surface area contributed by atoms with Gasteiger partial charge in [-0.2, -0.15) is 0 Å². The average molecular weight is 431 g/mol. The minimum Gasteiger partial charge on any atom is -0.494 e. The highest BCUT2D eigenvalue weighted by atomic mass is 16.5. The van der Waals surface area contributed by atoms with E-state index in [1.54, 1.807) is 0 Å². The zero-order valence-corrected chi connectivity index (χ0v) is 18.7. The fourth-order valence-corrected chi connectivity index (χ4v) is 4.04. The van der Waals surface area contributed by atoms with Crippen molar-refractivity contribution in [2.24, 2.45) is 0 Å². The highest BCUT2D eigenvalue weighted by Crippen LogP contribution is 2.36. The molecule has 166 valence electrons. The maximum absolute atomic E-state index is 12.9. The van der Waals surface area contributed by atoms with Gasteiger partial charge in [0.25, 0.3) is 0 Å². The van der Waals surface area contributed by atoms with E-state index in [0.29, 0.717) is 26.2 Å². The van der Waals surface area contributed by atoms with Crippen molar-refractivity contribution in [1.29, 1.82) is 0 Å². The predicted octanol–water partition coefficient (Wildman–Crippen LogP) is 4.87. The summed E-state index contributed by atoms with van der Waals surface area (Å²) < 4.78 is 11.7. The van der Waals surface area contributed by atoms with E-state index in [4.69, 9.17) is 9.47 Å². The third-order valence-electron chi connectivity index (χ3n) is 5.66. The molecule has 32 heavy (non-hydrogen) atoms. The van der Waals surface area contributed by atoms with Gasteiger partial charge in [-0.3, -0.25) is 4.79 Å². The van der Waals surface area contributed by atoms with Crippen molar-refractivity contribution in [3.63, 3.8) is 0 Å². The van der Waals surface area contributed by atoms with Gasteiger partial charge >= 0.3 is 0 Å². The van der Waals surface area contributed by atoms with Crippen molar-refractivity contribution in [3.8, 4) is 11.5 Å². The van der Waals surface area contributed by atoms with E-state index in [2.05, 4.69) is 47.5 Å². The SMILES string of the molecule is CCOc1ccccc1CNC(=O)C[C@@H]1COc2cc(C)ccc2N1Cc1ccccc1. The summed E-state index contributed by atoms with van der Waals surface area (Å²) in [7, 11) is 0. The molecule has 0 aliphatic carbocycles. The summed E-state index contributed by atoms with van der Waals surface area (Å²) in [6.07, 6.45) is 0.358. The summed E-state index contributed by atoms with van der Waals surface area (Å²) in [5.41, 5.74) is 4.37. The van der Waals surface area contributed by atoms with Crippen molar-refractivity contribution in [2.45, 2.75) is 39.4 Å². The zero-order valence-electron chi connectivity index (χ0n) is 18.7. The lowest BCUT2D eigenvalue weighted by Gasteiger charge is -2.38. The van der Waals surface area contributed by atoms with E-state index in [-0.39, 0.29) is 11.9 Å². The minimum absolute atomic E-state index is 0.00137. The third-order valence-corrected chi connectivity index (χ3v) is 5.66. The van der Waals surface area contributed by atoms with Gasteiger partial charge in [0.2, 0.25) is 5.91 Å². The standard InChI is InChI=1S/C27H30N2O3/c1-3-31-25-12-8-7-11-22(25)17-28-27(30)16-23-19-32-26-15-20(2)13-14-24(26)29(23)18-21-9-5-4-6-10-21/h4-15,23H,3,16-19H2,1-2H3,(H,28,30)/t23-/m1/s1. The Morgan fingerprint density at radius 1 is 1.09 bits per heavy atom. The molecule has 0 aromatic heterocycles. The van der Waals surface area contributed by atoms with Crippen LogP contribution in [0.5, 0.6) is 11.5 Å². The first-order valence-electron chi connectivity index (χ1n) is 11.2. The summed E-state index contributed by atoms with van der Waals surface area (Å²) in [6, 6.07) is 24.4. The number of ether oxygens (including phenoxy) is 2. The van der Waals surface area contributed by atoms with Gasteiger partial charge in [-0.1, -0.05) is 54.6 Å². The van der Waals surface area contributed by atoms with Crippen molar-refractivity contribution in [2.75, 3.05) is 18.1 Å². The molecule has 0 unspecified atom stereocenters.